The van der Waals surface area contributed by atoms with Gasteiger partial charge < -0.3 is 15.5 Å². The van der Waals surface area contributed by atoms with Crippen molar-refractivity contribution >= 4 is 17.4 Å². The van der Waals surface area contributed by atoms with Crippen LogP contribution in [0.2, 0.25) is 0 Å². The zero-order valence-electron chi connectivity index (χ0n) is 15.9. The van der Waals surface area contributed by atoms with E-state index in [-0.39, 0.29) is 11.7 Å². The lowest BCUT2D eigenvalue weighted by Crippen LogP contribution is -2.49. The van der Waals surface area contributed by atoms with Crippen LogP contribution in [0.3, 0.4) is 0 Å². The van der Waals surface area contributed by atoms with Crippen molar-refractivity contribution in [2.24, 2.45) is 0 Å². The quantitative estimate of drug-likeness (QED) is 0.591. The van der Waals surface area contributed by atoms with Crippen LogP contribution in [-0.4, -0.2) is 60.5 Å². The second-order valence-electron chi connectivity index (χ2n) is 6.91. The number of likely N-dealkylation sites (N-methyl/N-ethyl adjacent to an activating group) is 1. The van der Waals surface area contributed by atoms with Crippen molar-refractivity contribution in [1.29, 1.82) is 0 Å². The molecular formula is C20H25N5O3. The van der Waals surface area contributed by atoms with E-state index >= 15 is 0 Å². The molecule has 2 amide bonds. The molecule has 1 saturated heterocycles. The summed E-state index contributed by atoms with van der Waals surface area (Å²) < 4.78 is 0. The van der Waals surface area contributed by atoms with E-state index in [9.17, 15) is 14.9 Å². The van der Waals surface area contributed by atoms with Crippen LogP contribution in [0.25, 0.3) is 0 Å². The van der Waals surface area contributed by atoms with Gasteiger partial charge in [0.05, 0.1) is 4.92 Å². The number of piperazine rings is 1. The van der Waals surface area contributed by atoms with Gasteiger partial charge in [-0.3, -0.25) is 15.0 Å². The molecule has 8 heteroatoms. The summed E-state index contributed by atoms with van der Waals surface area (Å²) in [5.74, 6) is 0. The predicted molar refractivity (Wildman–Crippen MR) is 108 cm³/mol. The summed E-state index contributed by atoms with van der Waals surface area (Å²) in [5.41, 5.74) is 1.62. The van der Waals surface area contributed by atoms with Crippen LogP contribution in [-0.2, 0) is 0 Å². The maximum absolute atomic E-state index is 12.1. The van der Waals surface area contributed by atoms with Crippen LogP contribution in [0.1, 0.15) is 11.6 Å². The number of carbonyl (C=O) groups is 1. The van der Waals surface area contributed by atoms with Crippen LogP contribution in [0.15, 0.2) is 54.6 Å². The molecule has 3 rings (SSSR count). The van der Waals surface area contributed by atoms with Gasteiger partial charge >= 0.3 is 6.03 Å². The average molecular weight is 383 g/mol. The number of non-ortho nitro benzene ring substituents is 1. The van der Waals surface area contributed by atoms with E-state index in [1.807, 2.05) is 18.2 Å². The zero-order chi connectivity index (χ0) is 19.9. The lowest BCUT2D eigenvalue weighted by atomic mass is 10.0. The van der Waals surface area contributed by atoms with Gasteiger partial charge in [-0.1, -0.05) is 36.4 Å². The Morgan fingerprint density at radius 3 is 2.71 bits per heavy atom. The third-order valence-electron chi connectivity index (χ3n) is 4.88. The van der Waals surface area contributed by atoms with Crippen LogP contribution < -0.4 is 10.6 Å². The molecular weight excluding hydrogens is 358 g/mol. The number of benzene rings is 2. The summed E-state index contributed by atoms with van der Waals surface area (Å²) in [6, 6.07) is 16.2. The molecule has 0 aliphatic carbocycles. The fraction of sp³-hybridized carbons (Fsp3) is 0.350. The fourth-order valence-electron chi connectivity index (χ4n) is 3.40. The second kappa shape index (κ2) is 9.29. The Morgan fingerprint density at radius 2 is 1.96 bits per heavy atom. The van der Waals surface area contributed by atoms with Gasteiger partial charge in [-0.05, 0) is 18.7 Å². The number of carbonyl (C=O) groups excluding carboxylic acids is 1. The number of hydrogen-bond acceptors (Lipinski definition) is 5. The molecule has 2 aromatic rings. The van der Waals surface area contributed by atoms with Crippen molar-refractivity contribution in [3.63, 3.8) is 0 Å². The first-order valence-corrected chi connectivity index (χ1v) is 9.30. The number of nitrogens with one attached hydrogen (secondary N) is 2. The molecule has 148 valence electrons. The van der Waals surface area contributed by atoms with Crippen molar-refractivity contribution in [1.82, 2.24) is 15.1 Å². The fourth-order valence-corrected chi connectivity index (χ4v) is 3.40. The van der Waals surface area contributed by atoms with Crippen LogP contribution in [0, 0.1) is 10.1 Å². The van der Waals surface area contributed by atoms with E-state index in [0.29, 0.717) is 18.3 Å². The molecule has 2 aromatic carbocycles. The predicted octanol–water partition coefficient (Wildman–Crippen LogP) is 2.71. The van der Waals surface area contributed by atoms with E-state index in [0.717, 1.165) is 26.2 Å². The highest BCUT2D eigenvalue weighted by molar-refractivity contribution is 5.89. The van der Waals surface area contributed by atoms with Crippen LogP contribution in [0.4, 0.5) is 16.2 Å². The molecule has 28 heavy (non-hydrogen) atoms. The number of rotatable bonds is 6. The van der Waals surface area contributed by atoms with Crippen LogP contribution >= 0.6 is 0 Å². The summed E-state index contributed by atoms with van der Waals surface area (Å²) in [6.07, 6.45) is 0. The SMILES string of the molecule is CN1CCN(CCNC(=O)Nc2cccc([N+](=O)[O-])c2)C(c2ccccc2)C1. The molecule has 1 aliphatic heterocycles. The number of anilines is 1. The van der Waals surface area contributed by atoms with Gasteiger partial charge in [-0.15, -0.1) is 0 Å². The smallest absolute Gasteiger partial charge is 0.319 e. The van der Waals surface area contributed by atoms with Gasteiger partial charge in [0, 0.05) is 56.6 Å². The largest absolute Gasteiger partial charge is 0.337 e. The second-order valence-corrected chi connectivity index (χ2v) is 6.91. The molecule has 0 saturated carbocycles. The van der Waals surface area contributed by atoms with Crippen molar-refractivity contribution in [3.8, 4) is 0 Å². The molecule has 0 bridgehead atoms. The van der Waals surface area contributed by atoms with E-state index < -0.39 is 4.92 Å². The average Bonchev–Trinajstić information content (AvgIpc) is 2.70. The highest BCUT2D eigenvalue weighted by Gasteiger charge is 2.26. The summed E-state index contributed by atoms with van der Waals surface area (Å²) in [4.78, 5) is 27.2. The van der Waals surface area contributed by atoms with Crippen molar-refractivity contribution in [2.75, 3.05) is 45.1 Å². The van der Waals surface area contributed by atoms with E-state index in [2.05, 4.69) is 39.6 Å². The lowest BCUT2D eigenvalue weighted by Gasteiger charge is -2.40. The molecule has 1 unspecified atom stereocenters. The summed E-state index contributed by atoms with van der Waals surface area (Å²) in [6.45, 7) is 4.10. The van der Waals surface area contributed by atoms with Gasteiger partial charge in [-0.25, -0.2) is 4.79 Å². The van der Waals surface area contributed by atoms with Crippen LogP contribution in [0.5, 0.6) is 0 Å². The molecule has 1 fully saturated rings. The third kappa shape index (κ3) is 5.28. The first-order chi connectivity index (χ1) is 13.5. The molecule has 0 aromatic heterocycles. The molecule has 0 radical (unpaired) electrons. The van der Waals surface area contributed by atoms with E-state index in [1.165, 1.54) is 17.7 Å². The Kier molecular flexibility index (Phi) is 6.57. The Morgan fingerprint density at radius 1 is 1.18 bits per heavy atom. The molecule has 1 aliphatic rings. The molecule has 2 N–H and O–H groups in total. The Hall–Kier alpha value is -2.97. The minimum absolute atomic E-state index is 0.0547. The van der Waals surface area contributed by atoms with Gasteiger partial charge in [0.25, 0.3) is 5.69 Å². The van der Waals surface area contributed by atoms with Gasteiger partial charge in [0.1, 0.15) is 0 Å². The number of nitro benzene ring substituents is 1. The summed E-state index contributed by atoms with van der Waals surface area (Å²) >= 11 is 0. The molecule has 1 atom stereocenters. The lowest BCUT2D eigenvalue weighted by molar-refractivity contribution is -0.384. The monoisotopic (exact) mass is 383 g/mol. The Labute approximate surface area is 164 Å². The van der Waals surface area contributed by atoms with Gasteiger partial charge in [0.2, 0.25) is 0 Å². The van der Waals surface area contributed by atoms with Crippen molar-refractivity contribution in [2.45, 2.75) is 6.04 Å². The topological polar surface area (TPSA) is 90.8 Å². The number of hydrogen-bond donors (Lipinski definition) is 2. The van der Waals surface area contributed by atoms with Crippen molar-refractivity contribution < 1.29 is 9.72 Å². The third-order valence-corrected chi connectivity index (χ3v) is 4.88. The van der Waals surface area contributed by atoms with E-state index in [1.54, 1.807) is 12.1 Å². The standard InChI is InChI=1S/C20H25N5O3/c1-23-12-13-24(19(15-23)16-6-3-2-4-7-16)11-10-21-20(26)22-17-8-5-9-18(14-17)25(27)28/h2-9,14,19H,10-13,15H2,1H3,(H2,21,22,26). The highest BCUT2D eigenvalue weighted by Crippen LogP contribution is 2.24. The minimum atomic E-state index is -0.486. The van der Waals surface area contributed by atoms with Gasteiger partial charge in [-0.2, -0.15) is 0 Å². The van der Waals surface area contributed by atoms with Crippen molar-refractivity contribution in [3.05, 3.63) is 70.3 Å². The number of nitro groups is 1. The molecule has 8 nitrogen and oxygen atoms in total. The maximum Gasteiger partial charge on any atom is 0.319 e. The maximum atomic E-state index is 12.1. The summed E-state index contributed by atoms with van der Waals surface area (Å²) in [5, 5.41) is 16.3. The van der Waals surface area contributed by atoms with Gasteiger partial charge in [0.15, 0.2) is 0 Å². The minimum Gasteiger partial charge on any atom is -0.337 e. The Balaban J connectivity index is 1.52. The number of amides is 2. The zero-order valence-corrected chi connectivity index (χ0v) is 15.9. The Bertz CT molecular complexity index is 814. The van der Waals surface area contributed by atoms with E-state index in [4.69, 9.17) is 0 Å². The molecule has 1 heterocycles. The first kappa shape index (κ1) is 19.8. The number of nitrogens with zero attached hydrogens (tertiary/aromatic N) is 3. The summed E-state index contributed by atoms with van der Waals surface area (Å²) in [7, 11) is 2.12. The normalized spacial score (nSPS) is 17.8. The first-order valence-electron chi connectivity index (χ1n) is 9.30. The number of urea groups is 1. The highest BCUT2D eigenvalue weighted by atomic mass is 16.6. The molecule has 0 spiro atoms.